The Bertz CT molecular complexity index is 647. The molecule has 2 rings (SSSR count). The molecule has 0 spiro atoms. The van der Waals surface area contributed by atoms with E-state index in [0.29, 0.717) is 16.3 Å². The first-order valence-electron chi connectivity index (χ1n) is 5.50. The summed E-state index contributed by atoms with van der Waals surface area (Å²) in [6.07, 6.45) is 0. The van der Waals surface area contributed by atoms with Gasteiger partial charge in [0.05, 0.1) is 0 Å². The molecule has 0 aromatic heterocycles. The average molecular weight is 321 g/mol. The fraction of sp³-hybridized carbons (Fsp3) is 0.0769. The molecule has 4 nitrogen and oxygen atoms in total. The number of nitrogens with one attached hydrogen (secondary N) is 1. The predicted molar refractivity (Wildman–Crippen MR) is 75.8 cm³/mol. The number of anilines is 1. The van der Waals surface area contributed by atoms with Crippen LogP contribution in [0.1, 0.15) is 10.9 Å². The van der Waals surface area contributed by atoms with Crippen molar-refractivity contribution in [2.75, 3.05) is 5.32 Å². The van der Waals surface area contributed by atoms with Crippen molar-refractivity contribution in [1.29, 1.82) is 0 Å². The quantitative estimate of drug-likeness (QED) is 0.630. The van der Waals surface area contributed by atoms with E-state index in [1.807, 2.05) is 0 Å². The second kappa shape index (κ2) is 7.45. The number of hydrogen-bond acceptors (Lipinski definition) is 3. The Morgan fingerprint density at radius 1 is 1.00 bits per heavy atom. The SMILES string of the molecule is O=S(=O)(O)C(Nc1ccc(Cl)cc1)c1ccccc1.[Na+]. The molecule has 0 radical (unpaired) electrons. The van der Waals surface area contributed by atoms with Crippen molar-refractivity contribution in [3.63, 3.8) is 0 Å². The molecule has 7 heteroatoms. The summed E-state index contributed by atoms with van der Waals surface area (Å²) in [6, 6.07) is 15.0. The molecule has 0 amide bonds. The first kappa shape index (κ1) is 17.5. The molecule has 0 saturated carbocycles. The topological polar surface area (TPSA) is 66.4 Å². The van der Waals surface area contributed by atoms with Crippen LogP contribution in [0.3, 0.4) is 0 Å². The maximum Gasteiger partial charge on any atom is 1.00 e. The maximum absolute atomic E-state index is 11.5. The van der Waals surface area contributed by atoms with Gasteiger partial charge in [-0.05, 0) is 29.8 Å². The Kier molecular flexibility index (Phi) is 6.51. The molecule has 0 fully saturated rings. The summed E-state index contributed by atoms with van der Waals surface area (Å²) in [7, 11) is -4.27. The van der Waals surface area contributed by atoms with E-state index in [-0.39, 0.29) is 29.6 Å². The number of halogens is 1. The van der Waals surface area contributed by atoms with Gasteiger partial charge in [-0.2, -0.15) is 8.42 Å². The van der Waals surface area contributed by atoms with Crippen LogP contribution in [0.25, 0.3) is 0 Å². The molecule has 100 valence electrons. The fourth-order valence-electron chi connectivity index (χ4n) is 1.66. The Morgan fingerprint density at radius 2 is 1.55 bits per heavy atom. The van der Waals surface area contributed by atoms with Crippen molar-refractivity contribution < 1.29 is 42.5 Å². The third-order valence-electron chi connectivity index (χ3n) is 2.54. The van der Waals surface area contributed by atoms with E-state index in [0.717, 1.165) is 0 Å². The van der Waals surface area contributed by atoms with Crippen molar-refractivity contribution in [3.05, 3.63) is 65.2 Å². The zero-order valence-corrected chi connectivity index (χ0v) is 14.4. The van der Waals surface area contributed by atoms with E-state index in [1.165, 1.54) is 0 Å². The maximum atomic E-state index is 11.5. The molecule has 0 aliphatic carbocycles. The van der Waals surface area contributed by atoms with Gasteiger partial charge < -0.3 is 5.32 Å². The Labute approximate surface area is 145 Å². The summed E-state index contributed by atoms with van der Waals surface area (Å²) in [6.45, 7) is 0. The van der Waals surface area contributed by atoms with Crippen LogP contribution < -0.4 is 34.9 Å². The molecular formula is C13H12ClNNaO3S+. The first-order valence-corrected chi connectivity index (χ1v) is 7.38. The van der Waals surface area contributed by atoms with Crippen LogP contribution in [-0.4, -0.2) is 13.0 Å². The molecule has 0 bridgehead atoms. The second-order valence-electron chi connectivity index (χ2n) is 3.96. The summed E-state index contributed by atoms with van der Waals surface area (Å²) in [4.78, 5) is 0. The van der Waals surface area contributed by atoms with Gasteiger partial charge in [0.25, 0.3) is 10.1 Å². The zero-order chi connectivity index (χ0) is 13.9. The van der Waals surface area contributed by atoms with Crippen molar-refractivity contribution in [3.8, 4) is 0 Å². The normalized spacial score (nSPS) is 12.3. The van der Waals surface area contributed by atoms with Crippen molar-refractivity contribution in [1.82, 2.24) is 0 Å². The number of benzene rings is 2. The van der Waals surface area contributed by atoms with E-state index in [4.69, 9.17) is 11.6 Å². The Balaban J connectivity index is 0.00000200. The van der Waals surface area contributed by atoms with Crippen LogP contribution in [0, 0.1) is 0 Å². The van der Waals surface area contributed by atoms with E-state index in [2.05, 4.69) is 5.32 Å². The molecule has 2 aromatic rings. The summed E-state index contributed by atoms with van der Waals surface area (Å²) < 4.78 is 32.3. The summed E-state index contributed by atoms with van der Waals surface area (Å²) >= 11 is 5.76. The van der Waals surface area contributed by atoms with Gasteiger partial charge in [0, 0.05) is 10.7 Å². The monoisotopic (exact) mass is 320 g/mol. The molecule has 0 aliphatic rings. The fourth-order valence-corrected chi connectivity index (χ4v) is 2.57. The van der Waals surface area contributed by atoms with Crippen LogP contribution in [0.4, 0.5) is 5.69 Å². The third kappa shape index (κ3) is 4.77. The van der Waals surface area contributed by atoms with Gasteiger partial charge in [0.2, 0.25) is 0 Å². The summed E-state index contributed by atoms with van der Waals surface area (Å²) in [5, 5.41) is 2.10. The van der Waals surface area contributed by atoms with Crippen LogP contribution in [0.2, 0.25) is 5.02 Å². The minimum atomic E-state index is -4.27. The summed E-state index contributed by atoms with van der Waals surface area (Å²) in [5.74, 6) is 0. The number of hydrogen-bond donors (Lipinski definition) is 2. The standard InChI is InChI=1S/C13H12ClNO3S.Na/c14-11-6-8-12(9-7-11)15-13(19(16,17)18)10-4-2-1-3-5-10;/h1-9,13,15H,(H,16,17,18);/q;+1. The van der Waals surface area contributed by atoms with Crippen LogP contribution in [-0.2, 0) is 10.1 Å². The molecule has 1 unspecified atom stereocenters. The molecule has 1 atom stereocenters. The first-order chi connectivity index (χ1) is 8.97. The van der Waals surface area contributed by atoms with Gasteiger partial charge in [-0.3, -0.25) is 4.55 Å². The van der Waals surface area contributed by atoms with Crippen molar-refractivity contribution >= 4 is 27.4 Å². The Hall–Kier alpha value is -0.560. The molecule has 2 N–H and O–H groups in total. The molecule has 2 aromatic carbocycles. The molecular weight excluding hydrogens is 309 g/mol. The Morgan fingerprint density at radius 3 is 2.05 bits per heavy atom. The van der Waals surface area contributed by atoms with Gasteiger partial charge in [0.1, 0.15) is 0 Å². The second-order valence-corrected chi connectivity index (χ2v) is 5.89. The van der Waals surface area contributed by atoms with E-state index in [1.54, 1.807) is 54.6 Å². The van der Waals surface area contributed by atoms with E-state index in [9.17, 15) is 13.0 Å². The third-order valence-corrected chi connectivity index (χ3v) is 3.78. The molecule has 0 saturated heterocycles. The van der Waals surface area contributed by atoms with E-state index < -0.39 is 15.5 Å². The van der Waals surface area contributed by atoms with Gasteiger partial charge in [-0.1, -0.05) is 41.9 Å². The van der Waals surface area contributed by atoms with Crippen molar-refractivity contribution in [2.24, 2.45) is 0 Å². The van der Waals surface area contributed by atoms with Crippen molar-refractivity contribution in [2.45, 2.75) is 5.37 Å². The van der Waals surface area contributed by atoms with E-state index >= 15 is 0 Å². The molecule has 0 heterocycles. The van der Waals surface area contributed by atoms with Crippen LogP contribution in [0.5, 0.6) is 0 Å². The predicted octanol–water partition coefficient (Wildman–Crippen LogP) is 0.342. The average Bonchev–Trinajstić information content (AvgIpc) is 2.37. The van der Waals surface area contributed by atoms with Crippen LogP contribution in [0.15, 0.2) is 54.6 Å². The minimum Gasteiger partial charge on any atom is -0.363 e. The smallest absolute Gasteiger partial charge is 0.363 e. The van der Waals surface area contributed by atoms with Gasteiger partial charge in [-0.15, -0.1) is 0 Å². The summed E-state index contributed by atoms with van der Waals surface area (Å²) in [5.41, 5.74) is 1.01. The van der Waals surface area contributed by atoms with Crippen LogP contribution >= 0.6 is 11.6 Å². The largest absolute Gasteiger partial charge is 1.00 e. The minimum absolute atomic E-state index is 0. The van der Waals surface area contributed by atoms with Gasteiger partial charge in [-0.25, -0.2) is 0 Å². The molecule has 0 aliphatic heterocycles. The molecule has 20 heavy (non-hydrogen) atoms. The van der Waals surface area contributed by atoms with Gasteiger partial charge in [0.15, 0.2) is 5.37 Å². The number of rotatable bonds is 4. The zero-order valence-electron chi connectivity index (χ0n) is 10.8. The van der Waals surface area contributed by atoms with Gasteiger partial charge >= 0.3 is 29.6 Å².